The Morgan fingerprint density at radius 3 is 2.59 bits per heavy atom. The van der Waals surface area contributed by atoms with Gasteiger partial charge in [-0.2, -0.15) is 0 Å². The Hall–Kier alpha value is -1.29. The maximum atomic E-state index is 4.59. The molecule has 1 aromatic heterocycles. The third-order valence-electron chi connectivity index (χ3n) is 2.79. The van der Waals surface area contributed by atoms with E-state index < -0.39 is 0 Å². The number of pyridine rings is 1. The summed E-state index contributed by atoms with van der Waals surface area (Å²) in [7, 11) is 6.09. The van der Waals surface area contributed by atoms with Gasteiger partial charge in [0.05, 0.1) is 0 Å². The van der Waals surface area contributed by atoms with Gasteiger partial charge in [-0.15, -0.1) is 0 Å². The highest BCUT2D eigenvalue weighted by Gasteiger charge is 2.14. The predicted octanol–water partition coefficient (Wildman–Crippen LogP) is 1.90. The summed E-state index contributed by atoms with van der Waals surface area (Å²) in [5.74, 6) is 1.95. The van der Waals surface area contributed by atoms with Gasteiger partial charge in [0.25, 0.3) is 0 Å². The first-order valence-corrected chi connectivity index (χ1v) is 6.14. The molecule has 1 unspecified atom stereocenters. The van der Waals surface area contributed by atoms with E-state index in [1.165, 1.54) is 0 Å². The van der Waals surface area contributed by atoms with Crippen molar-refractivity contribution in [3.8, 4) is 0 Å². The van der Waals surface area contributed by atoms with Crippen molar-refractivity contribution in [1.29, 1.82) is 0 Å². The fourth-order valence-corrected chi connectivity index (χ4v) is 2.05. The molecule has 0 spiro atoms. The highest BCUT2D eigenvalue weighted by Crippen LogP contribution is 2.16. The standard InChI is InChI=1S/C13H24N4/c1-6-17(11(2)10-16(4)5)13-9-7-8-12(14-3)15-13/h7-9,11H,6,10H2,1-5H3,(H,14,15). The molecule has 17 heavy (non-hydrogen) atoms. The second-order valence-electron chi connectivity index (χ2n) is 4.53. The van der Waals surface area contributed by atoms with Gasteiger partial charge < -0.3 is 15.1 Å². The van der Waals surface area contributed by atoms with Crippen LogP contribution in [-0.2, 0) is 0 Å². The van der Waals surface area contributed by atoms with Crippen LogP contribution in [0.2, 0.25) is 0 Å². The van der Waals surface area contributed by atoms with Crippen LogP contribution >= 0.6 is 0 Å². The van der Waals surface area contributed by atoms with Crippen molar-refractivity contribution >= 4 is 11.6 Å². The van der Waals surface area contributed by atoms with Crippen LogP contribution in [0.4, 0.5) is 11.6 Å². The van der Waals surface area contributed by atoms with E-state index in [-0.39, 0.29) is 0 Å². The largest absolute Gasteiger partial charge is 0.373 e. The zero-order valence-electron chi connectivity index (χ0n) is 11.6. The van der Waals surface area contributed by atoms with E-state index in [1.807, 2.05) is 19.2 Å². The number of nitrogens with one attached hydrogen (secondary N) is 1. The fraction of sp³-hybridized carbons (Fsp3) is 0.615. The van der Waals surface area contributed by atoms with Crippen LogP contribution in [0.3, 0.4) is 0 Å². The van der Waals surface area contributed by atoms with Crippen molar-refractivity contribution in [1.82, 2.24) is 9.88 Å². The second kappa shape index (κ2) is 6.45. The second-order valence-corrected chi connectivity index (χ2v) is 4.53. The molecule has 4 nitrogen and oxygen atoms in total. The van der Waals surface area contributed by atoms with E-state index >= 15 is 0 Å². The van der Waals surface area contributed by atoms with Crippen molar-refractivity contribution < 1.29 is 0 Å². The third-order valence-corrected chi connectivity index (χ3v) is 2.79. The van der Waals surface area contributed by atoms with Gasteiger partial charge in [0.2, 0.25) is 0 Å². The maximum absolute atomic E-state index is 4.59. The summed E-state index contributed by atoms with van der Waals surface area (Å²) in [6.45, 7) is 6.39. The molecule has 0 aliphatic carbocycles. The molecule has 1 atom stereocenters. The van der Waals surface area contributed by atoms with Crippen molar-refractivity contribution in [3.05, 3.63) is 18.2 Å². The minimum atomic E-state index is 0.453. The Labute approximate surface area is 105 Å². The molecule has 4 heteroatoms. The summed E-state index contributed by atoms with van der Waals surface area (Å²) in [6, 6.07) is 6.54. The molecule has 0 radical (unpaired) electrons. The topological polar surface area (TPSA) is 31.4 Å². The summed E-state index contributed by atoms with van der Waals surface area (Å²) in [5, 5.41) is 3.08. The average molecular weight is 236 g/mol. The summed E-state index contributed by atoms with van der Waals surface area (Å²) in [5.41, 5.74) is 0. The lowest BCUT2D eigenvalue weighted by molar-refractivity contribution is 0.372. The van der Waals surface area contributed by atoms with Crippen LogP contribution in [0.25, 0.3) is 0 Å². The molecule has 0 aromatic carbocycles. The van der Waals surface area contributed by atoms with E-state index in [2.05, 4.69) is 54.1 Å². The van der Waals surface area contributed by atoms with Crippen molar-refractivity contribution in [2.75, 3.05) is 44.4 Å². The van der Waals surface area contributed by atoms with Crippen molar-refractivity contribution in [3.63, 3.8) is 0 Å². The minimum Gasteiger partial charge on any atom is -0.373 e. The first-order valence-electron chi connectivity index (χ1n) is 6.14. The van der Waals surface area contributed by atoms with E-state index in [1.54, 1.807) is 0 Å². The number of likely N-dealkylation sites (N-methyl/N-ethyl adjacent to an activating group) is 2. The smallest absolute Gasteiger partial charge is 0.131 e. The summed E-state index contributed by atoms with van der Waals surface area (Å²) >= 11 is 0. The fourth-order valence-electron chi connectivity index (χ4n) is 2.05. The van der Waals surface area contributed by atoms with Gasteiger partial charge in [-0.25, -0.2) is 4.98 Å². The lowest BCUT2D eigenvalue weighted by atomic mass is 10.2. The van der Waals surface area contributed by atoms with Gasteiger partial charge in [-0.3, -0.25) is 0 Å². The minimum absolute atomic E-state index is 0.453. The average Bonchev–Trinajstić information content (AvgIpc) is 2.29. The lowest BCUT2D eigenvalue weighted by Gasteiger charge is -2.31. The number of hydrogen-bond acceptors (Lipinski definition) is 4. The van der Waals surface area contributed by atoms with Crippen LogP contribution in [0.15, 0.2) is 18.2 Å². The van der Waals surface area contributed by atoms with Crippen LogP contribution in [0, 0.1) is 0 Å². The third kappa shape index (κ3) is 3.89. The van der Waals surface area contributed by atoms with Gasteiger partial charge in [-0.1, -0.05) is 6.07 Å². The van der Waals surface area contributed by atoms with Crippen LogP contribution in [0.1, 0.15) is 13.8 Å². The van der Waals surface area contributed by atoms with Crippen LogP contribution < -0.4 is 10.2 Å². The molecule has 0 amide bonds. The molecule has 0 bridgehead atoms. The molecule has 96 valence electrons. The zero-order chi connectivity index (χ0) is 12.8. The van der Waals surface area contributed by atoms with Crippen LogP contribution in [-0.4, -0.2) is 50.2 Å². The number of anilines is 2. The van der Waals surface area contributed by atoms with E-state index in [9.17, 15) is 0 Å². The lowest BCUT2D eigenvalue weighted by Crippen LogP contribution is -2.40. The highest BCUT2D eigenvalue weighted by molar-refractivity contribution is 5.47. The number of rotatable bonds is 6. The molecule has 0 fully saturated rings. The summed E-state index contributed by atoms with van der Waals surface area (Å²) in [4.78, 5) is 9.11. The van der Waals surface area contributed by atoms with E-state index in [0.29, 0.717) is 6.04 Å². The number of nitrogens with zero attached hydrogens (tertiary/aromatic N) is 3. The SMILES string of the molecule is CCN(c1cccc(NC)n1)C(C)CN(C)C. The Morgan fingerprint density at radius 2 is 2.06 bits per heavy atom. The molecule has 1 rings (SSSR count). The monoisotopic (exact) mass is 236 g/mol. The summed E-state index contributed by atoms with van der Waals surface area (Å²) in [6.07, 6.45) is 0. The molecule has 1 aromatic rings. The molecule has 0 aliphatic heterocycles. The molecular formula is C13H24N4. The zero-order valence-corrected chi connectivity index (χ0v) is 11.6. The molecule has 0 aliphatic rings. The molecule has 0 saturated carbocycles. The Kier molecular flexibility index (Phi) is 5.22. The van der Waals surface area contributed by atoms with E-state index in [0.717, 1.165) is 24.7 Å². The number of aromatic nitrogens is 1. The summed E-state index contributed by atoms with van der Waals surface area (Å²) < 4.78 is 0. The van der Waals surface area contributed by atoms with E-state index in [4.69, 9.17) is 0 Å². The normalized spacial score (nSPS) is 12.6. The Bertz CT molecular complexity index is 338. The first-order chi connectivity index (χ1) is 8.08. The van der Waals surface area contributed by atoms with Gasteiger partial charge in [0.15, 0.2) is 0 Å². The van der Waals surface area contributed by atoms with Crippen molar-refractivity contribution in [2.45, 2.75) is 19.9 Å². The molecule has 0 saturated heterocycles. The molecular weight excluding hydrogens is 212 g/mol. The quantitative estimate of drug-likeness (QED) is 0.817. The van der Waals surface area contributed by atoms with Gasteiger partial charge in [0, 0.05) is 26.2 Å². The highest BCUT2D eigenvalue weighted by atomic mass is 15.2. The Balaban J connectivity index is 2.84. The predicted molar refractivity (Wildman–Crippen MR) is 74.8 cm³/mol. The van der Waals surface area contributed by atoms with Gasteiger partial charge in [0.1, 0.15) is 11.6 Å². The van der Waals surface area contributed by atoms with Gasteiger partial charge in [-0.05, 0) is 40.1 Å². The molecule has 1 N–H and O–H groups in total. The van der Waals surface area contributed by atoms with Crippen LogP contribution in [0.5, 0.6) is 0 Å². The maximum Gasteiger partial charge on any atom is 0.131 e. The Morgan fingerprint density at radius 1 is 1.35 bits per heavy atom. The first kappa shape index (κ1) is 13.8. The molecule has 1 heterocycles. The number of hydrogen-bond donors (Lipinski definition) is 1. The van der Waals surface area contributed by atoms with Gasteiger partial charge >= 0.3 is 0 Å². The van der Waals surface area contributed by atoms with Crippen molar-refractivity contribution in [2.24, 2.45) is 0 Å².